The summed E-state index contributed by atoms with van der Waals surface area (Å²) >= 11 is 1.48. The first-order chi connectivity index (χ1) is 15.4. The summed E-state index contributed by atoms with van der Waals surface area (Å²) in [5.74, 6) is 0.479. The number of rotatable bonds is 3. The topological polar surface area (TPSA) is 102 Å². The van der Waals surface area contributed by atoms with E-state index in [0.717, 1.165) is 57.2 Å². The lowest BCUT2D eigenvalue weighted by atomic mass is 9.95. The number of thiazole rings is 1. The van der Waals surface area contributed by atoms with E-state index in [-0.39, 0.29) is 6.03 Å². The van der Waals surface area contributed by atoms with E-state index in [9.17, 15) is 4.79 Å². The molecule has 0 unspecified atom stereocenters. The predicted molar refractivity (Wildman–Crippen MR) is 127 cm³/mol. The van der Waals surface area contributed by atoms with Crippen molar-refractivity contribution in [2.45, 2.75) is 19.8 Å². The van der Waals surface area contributed by atoms with Crippen LogP contribution in [0.15, 0.2) is 42.6 Å². The number of para-hydroxylation sites is 1. The number of nitrogens with zero attached hydrogens (tertiary/aromatic N) is 5. The Morgan fingerprint density at radius 1 is 1.19 bits per heavy atom. The Hall–Kier alpha value is -3.72. The molecule has 3 aromatic heterocycles. The zero-order valence-corrected chi connectivity index (χ0v) is 18.9. The Morgan fingerprint density at radius 3 is 2.72 bits per heavy atom. The van der Waals surface area contributed by atoms with Crippen molar-refractivity contribution in [2.24, 2.45) is 0 Å². The average Bonchev–Trinajstić information content (AvgIpc) is 3.35. The van der Waals surface area contributed by atoms with Gasteiger partial charge in [0.15, 0.2) is 5.13 Å². The lowest BCUT2D eigenvalue weighted by Gasteiger charge is -2.15. The number of carbonyl (C=O) groups is 1. The Labute approximate surface area is 189 Å². The number of anilines is 2. The summed E-state index contributed by atoms with van der Waals surface area (Å²) in [7, 11) is 3.42. The first-order valence-corrected chi connectivity index (χ1v) is 11.1. The average molecular weight is 446 g/mol. The molecular formula is C23H23N7OS. The summed E-state index contributed by atoms with van der Waals surface area (Å²) in [5, 5.41) is 8.52. The van der Waals surface area contributed by atoms with Gasteiger partial charge >= 0.3 is 6.03 Å². The second-order valence-corrected chi connectivity index (χ2v) is 8.96. The van der Waals surface area contributed by atoms with Crippen molar-refractivity contribution in [3.8, 4) is 27.5 Å². The molecule has 0 bridgehead atoms. The minimum absolute atomic E-state index is 0.197. The minimum Gasteiger partial charge on any atom is -0.384 e. The van der Waals surface area contributed by atoms with Gasteiger partial charge in [0, 0.05) is 31.4 Å². The van der Waals surface area contributed by atoms with Crippen molar-refractivity contribution in [1.29, 1.82) is 0 Å². The van der Waals surface area contributed by atoms with Crippen molar-refractivity contribution < 1.29 is 4.79 Å². The molecule has 1 aliphatic rings. The molecule has 1 aromatic carbocycles. The maximum atomic E-state index is 12.2. The van der Waals surface area contributed by atoms with Gasteiger partial charge in [0.1, 0.15) is 5.82 Å². The number of nitrogens with one attached hydrogen (secondary N) is 1. The minimum atomic E-state index is -0.197. The van der Waals surface area contributed by atoms with E-state index in [2.05, 4.69) is 29.4 Å². The van der Waals surface area contributed by atoms with Crippen LogP contribution in [0.25, 0.3) is 27.5 Å². The largest absolute Gasteiger partial charge is 0.384 e. The number of carbonyl (C=O) groups excluding carboxylic acids is 1. The summed E-state index contributed by atoms with van der Waals surface area (Å²) in [4.78, 5) is 23.7. The van der Waals surface area contributed by atoms with Crippen LogP contribution in [0.4, 0.5) is 15.7 Å². The van der Waals surface area contributed by atoms with Crippen molar-refractivity contribution >= 4 is 28.3 Å². The van der Waals surface area contributed by atoms with Crippen LogP contribution in [0.5, 0.6) is 0 Å². The fourth-order valence-electron chi connectivity index (χ4n) is 3.88. The molecule has 0 saturated heterocycles. The number of urea groups is 1. The predicted octanol–water partition coefficient (Wildman–Crippen LogP) is 4.14. The van der Waals surface area contributed by atoms with E-state index in [1.165, 1.54) is 16.2 Å². The maximum Gasteiger partial charge on any atom is 0.323 e. The lowest BCUT2D eigenvalue weighted by molar-refractivity contribution is 0.230. The molecule has 162 valence electrons. The number of aromatic nitrogens is 4. The molecule has 0 radical (unpaired) electrons. The van der Waals surface area contributed by atoms with Gasteiger partial charge in [-0.15, -0.1) is 0 Å². The summed E-state index contributed by atoms with van der Waals surface area (Å²) in [5.41, 5.74) is 12.9. The van der Waals surface area contributed by atoms with Crippen LogP contribution in [-0.2, 0) is 12.8 Å². The van der Waals surface area contributed by atoms with Crippen molar-refractivity contribution in [2.75, 3.05) is 25.1 Å². The number of nitrogen functional groups attached to an aromatic ring is 1. The Bertz CT molecular complexity index is 1320. The number of hydrogen-bond acceptors (Lipinski definition) is 6. The highest BCUT2D eigenvalue weighted by molar-refractivity contribution is 7.19. The molecule has 9 heteroatoms. The van der Waals surface area contributed by atoms with Gasteiger partial charge in [-0.25, -0.2) is 19.4 Å². The Balaban J connectivity index is 1.70. The monoisotopic (exact) mass is 445 g/mol. The molecular weight excluding hydrogens is 422 g/mol. The SMILES string of the molecule is Cc1ccccc1-n1nc(-c2ccc(N)nc2)c2c1-c1sc(NC(=O)N(C)C)nc1CC2. The molecule has 0 spiro atoms. The molecule has 8 nitrogen and oxygen atoms in total. The molecule has 2 amide bonds. The van der Waals surface area contributed by atoms with E-state index in [1.54, 1.807) is 26.4 Å². The van der Waals surface area contributed by atoms with Gasteiger partial charge in [0.25, 0.3) is 0 Å². The second-order valence-electron chi connectivity index (χ2n) is 7.97. The quantitative estimate of drug-likeness (QED) is 0.493. The number of hydrogen-bond donors (Lipinski definition) is 2. The van der Waals surface area contributed by atoms with Gasteiger partial charge in [-0.3, -0.25) is 5.32 Å². The lowest BCUT2D eigenvalue weighted by Crippen LogP contribution is -2.27. The Kier molecular flexibility index (Phi) is 4.90. The fraction of sp³-hybridized carbons (Fsp3) is 0.217. The van der Waals surface area contributed by atoms with E-state index < -0.39 is 0 Å². The molecule has 3 heterocycles. The van der Waals surface area contributed by atoms with E-state index in [1.807, 2.05) is 22.9 Å². The second kappa shape index (κ2) is 7.76. The summed E-state index contributed by atoms with van der Waals surface area (Å²) in [6, 6.07) is 11.7. The van der Waals surface area contributed by atoms with Crippen molar-refractivity contribution in [3.63, 3.8) is 0 Å². The number of aryl methyl sites for hydroxylation is 2. The van der Waals surface area contributed by atoms with E-state index in [4.69, 9.17) is 15.8 Å². The van der Waals surface area contributed by atoms with Gasteiger partial charge in [0.2, 0.25) is 0 Å². The molecule has 0 atom stereocenters. The van der Waals surface area contributed by atoms with Crippen LogP contribution < -0.4 is 11.1 Å². The third-order valence-electron chi connectivity index (χ3n) is 5.53. The van der Waals surface area contributed by atoms with Crippen molar-refractivity contribution in [3.05, 3.63) is 59.4 Å². The number of benzene rings is 1. The maximum absolute atomic E-state index is 12.2. The number of amides is 2. The van der Waals surface area contributed by atoms with Gasteiger partial charge < -0.3 is 10.6 Å². The number of pyridine rings is 1. The van der Waals surface area contributed by atoms with Gasteiger partial charge in [-0.2, -0.15) is 5.10 Å². The number of nitrogens with two attached hydrogens (primary N) is 1. The first-order valence-electron chi connectivity index (χ1n) is 10.3. The highest BCUT2D eigenvalue weighted by atomic mass is 32.1. The normalized spacial score (nSPS) is 12.2. The summed E-state index contributed by atoms with van der Waals surface area (Å²) < 4.78 is 2.00. The first kappa shape index (κ1) is 20.2. The van der Waals surface area contributed by atoms with Crippen LogP contribution in [-0.4, -0.2) is 44.8 Å². The van der Waals surface area contributed by atoms with Crippen LogP contribution in [0.1, 0.15) is 16.8 Å². The smallest absolute Gasteiger partial charge is 0.323 e. The molecule has 32 heavy (non-hydrogen) atoms. The molecule has 0 aliphatic heterocycles. The molecule has 1 aliphatic carbocycles. The molecule has 3 N–H and O–H groups in total. The van der Waals surface area contributed by atoms with Crippen LogP contribution >= 0.6 is 11.3 Å². The van der Waals surface area contributed by atoms with Crippen LogP contribution in [0.3, 0.4) is 0 Å². The summed E-state index contributed by atoms with van der Waals surface area (Å²) in [6.45, 7) is 2.08. The standard InChI is InChI=1S/C23H23N7OS/c1-13-6-4-5-7-17(13)30-20-15(19(28-30)14-8-11-18(24)25-12-14)9-10-16-21(20)32-22(26-16)27-23(31)29(2)3/h4-8,11-12H,9-10H2,1-3H3,(H2,24,25)(H,26,27,31). The third-order valence-corrected chi connectivity index (χ3v) is 6.55. The van der Waals surface area contributed by atoms with E-state index in [0.29, 0.717) is 10.9 Å². The summed E-state index contributed by atoms with van der Waals surface area (Å²) in [6.07, 6.45) is 3.36. The highest BCUT2D eigenvalue weighted by Crippen LogP contribution is 2.44. The highest BCUT2D eigenvalue weighted by Gasteiger charge is 2.30. The number of fused-ring (bicyclic) bond motifs is 3. The van der Waals surface area contributed by atoms with Crippen molar-refractivity contribution in [1.82, 2.24) is 24.6 Å². The Morgan fingerprint density at radius 2 is 2.00 bits per heavy atom. The fourth-order valence-corrected chi connectivity index (χ4v) is 4.94. The zero-order valence-electron chi connectivity index (χ0n) is 18.1. The third kappa shape index (κ3) is 3.40. The van der Waals surface area contributed by atoms with Crippen LogP contribution in [0, 0.1) is 6.92 Å². The molecule has 0 saturated carbocycles. The molecule has 0 fully saturated rings. The van der Waals surface area contributed by atoms with E-state index >= 15 is 0 Å². The molecule has 4 aromatic rings. The molecule has 5 rings (SSSR count). The zero-order chi connectivity index (χ0) is 22.4. The van der Waals surface area contributed by atoms with Gasteiger partial charge in [0.05, 0.1) is 27.6 Å². The van der Waals surface area contributed by atoms with Gasteiger partial charge in [-0.05, 0) is 43.5 Å². The van der Waals surface area contributed by atoms with Crippen LogP contribution in [0.2, 0.25) is 0 Å². The van der Waals surface area contributed by atoms with Gasteiger partial charge in [-0.1, -0.05) is 29.5 Å².